The van der Waals surface area contributed by atoms with Gasteiger partial charge in [0.2, 0.25) is 0 Å². The molecule has 0 aliphatic heterocycles. The lowest BCUT2D eigenvalue weighted by atomic mass is 10.1. The number of carbonyl (C=O) groups is 1. The van der Waals surface area contributed by atoms with E-state index in [4.69, 9.17) is 4.74 Å². The predicted molar refractivity (Wildman–Crippen MR) is 75.8 cm³/mol. The first kappa shape index (κ1) is 15.9. The lowest BCUT2D eigenvalue weighted by Gasteiger charge is -2.19. The quantitative estimate of drug-likeness (QED) is 0.679. The highest BCUT2D eigenvalue weighted by atomic mass is 16.6. The fourth-order valence-corrected chi connectivity index (χ4v) is 1.63. The predicted octanol–water partition coefficient (Wildman–Crippen LogP) is 2.97. The summed E-state index contributed by atoms with van der Waals surface area (Å²) in [5.41, 5.74) is 0.990. The van der Waals surface area contributed by atoms with Crippen LogP contribution in [0, 0.1) is 17.0 Å². The summed E-state index contributed by atoms with van der Waals surface area (Å²) in [6, 6.07) is 5.06. The molecule has 20 heavy (non-hydrogen) atoms. The van der Waals surface area contributed by atoms with E-state index < -0.39 is 16.6 Å². The molecule has 0 heterocycles. The summed E-state index contributed by atoms with van der Waals surface area (Å²) >= 11 is 0. The Morgan fingerprint density at radius 3 is 2.60 bits per heavy atom. The molecule has 1 amide bonds. The van der Waals surface area contributed by atoms with Crippen LogP contribution in [0.25, 0.3) is 0 Å². The highest BCUT2D eigenvalue weighted by Crippen LogP contribution is 2.19. The maximum absolute atomic E-state index is 11.4. The largest absolute Gasteiger partial charge is 0.444 e. The van der Waals surface area contributed by atoms with Gasteiger partial charge < -0.3 is 10.1 Å². The minimum Gasteiger partial charge on any atom is -0.444 e. The van der Waals surface area contributed by atoms with Gasteiger partial charge in [-0.05, 0) is 39.7 Å². The van der Waals surface area contributed by atoms with Crippen LogP contribution < -0.4 is 5.32 Å². The number of nitrogens with one attached hydrogen (secondary N) is 1. The Bertz CT molecular complexity index is 506. The lowest BCUT2D eigenvalue weighted by Crippen LogP contribution is -2.33. The molecule has 0 saturated heterocycles. The second kappa shape index (κ2) is 6.36. The molecule has 0 fully saturated rings. The van der Waals surface area contributed by atoms with Crippen molar-refractivity contribution in [2.24, 2.45) is 0 Å². The fraction of sp³-hybridized carbons (Fsp3) is 0.500. The maximum Gasteiger partial charge on any atom is 0.407 e. The van der Waals surface area contributed by atoms with Crippen molar-refractivity contribution in [2.75, 3.05) is 6.54 Å². The molecule has 0 saturated carbocycles. The smallest absolute Gasteiger partial charge is 0.407 e. The topological polar surface area (TPSA) is 81.5 Å². The molecular weight excluding hydrogens is 260 g/mol. The zero-order valence-corrected chi connectivity index (χ0v) is 12.2. The molecule has 6 nitrogen and oxygen atoms in total. The van der Waals surface area contributed by atoms with Gasteiger partial charge in [0.05, 0.1) is 4.92 Å². The summed E-state index contributed by atoms with van der Waals surface area (Å²) in [6.07, 6.45) is 0.0273. The van der Waals surface area contributed by atoms with Crippen LogP contribution in [0.15, 0.2) is 18.2 Å². The van der Waals surface area contributed by atoms with E-state index in [0.717, 1.165) is 5.56 Å². The van der Waals surface area contributed by atoms with Gasteiger partial charge in [0.25, 0.3) is 5.69 Å². The SMILES string of the molecule is Cc1ccc(CCNC(=O)OC(C)(C)C)cc1[N+](=O)[O-]. The Labute approximate surface area is 118 Å². The second-order valence-corrected chi connectivity index (χ2v) is 5.56. The maximum atomic E-state index is 11.4. The minimum atomic E-state index is -0.535. The Morgan fingerprint density at radius 2 is 2.05 bits per heavy atom. The standard InChI is InChI=1S/C14H20N2O4/c1-10-5-6-11(9-12(10)16(18)19)7-8-15-13(17)20-14(2,3)4/h5-6,9H,7-8H2,1-4H3,(H,15,17). The van der Waals surface area contributed by atoms with Crippen molar-refractivity contribution >= 4 is 11.8 Å². The summed E-state index contributed by atoms with van der Waals surface area (Å²) in [5, 5.41) is 13.4. The van der Waals surface area contributed by atoms with Crippen LogP contribution in [0.5, 0.6) is 0 Å². The summed E-state index contributed by atoms with van der Waals surface area (Å²) in [4.78, 5) is 21.9. The zero-order chi connectivity index (χ0) is 15.3. The number of hydrogen-bond acceptors (Lipinski definition) is 4. The molecule has 6 heteroatoms. The van der Waals surface area contributed by atoms with Crippen molar-refractivity contribution in [3.8, 4) is 0 Å². The van der Waals surface area contributed by atoms with Crippen molar-refractivity contribution in [1.29, 1.82) is 0 Å². The average Bonchev–Trinajstić information content (AvgIpc) is 2.28. The van der Waals surface area contributed by atoms with E-state index in [9.17, 15) is 14.9 Å². The number of alkyl carbamates (subject to hydrolysis) is 1. The fourth-order valence-electron chi connectivity index (χ4n) is 1.63. The first-order chi connectivity index (χ1) is 9.19. The Hall–Kier alpha value is -2.11. The number of rotatable bonds is 4. The summed E-state index contributed by atoms with van der Waals surface area (Å²) in [6.45, 7) is 7.43. The number of amides is 1. The number of nitro benzene ring substituents is 1. The summed E-state index contributed by atoms with van der Waals surface area (Å²) < 4.78 is 5.10. The number of aryl methyl sites for hydroxylation is 1. The molecular formula is C14H20N2O4. The van der Waals surface area contributed by atoms with E-state index in [1.54, 1.807) is 33.8 Å². The van der Waals surface area contributed by atoms with E-state index in [2.05, 4.69) is 5.32 Å². The molecule has 0 bridgehead atoms. The van der Waals surface area contributed by atoms with Gasteiger partial charge in [0.15, 0.2) is 0 Å². The van der Waals surface area contributed by atoms with Gasteiger partial charge in [-0.1, -0.05) is 12.1 Å². The van der Waals surface area contributed by atoms with Crippen molar-refractivity contribution in [3.05, 3.63) is 39.4 Å². The molecule has 1 aromatic carbocycles. The number of carbonyl (C=O) groups excluding carboxylic acids is 1. The van der Waals surface area contributed by atoms with Gasteiger partial charge in [0, 0.05) is 18.2 Å². The van der Waals surface area contributed by atoms with Gasteiger partial charge in [-0.2, -0.15) is 0 Å². The molecule has 0 atom stereocenters. The van der Waals surface area contributed by atoms with Crippen molar-refractivity contribution in [2.45, 2.75) is 39.7 Å². The second-order valence-electron chi connectivity index (χ2n) is 5.56. The van der Waals surface area contributed by atoms with Gasteiger partial charge in [-0.25, -0.2) is 4.79 Å². The Morgan fingerprint density at radius 1 is 1.40 bits per heavy atom. The molecule has 0 unspecified atom stereocenters. The molecule has 0 aromatic heterocycles. The van der Waals surface area contributed by atoms with Crippen molar-refractivity contribution in [3.63, 3.8) is 0 Å². The first-order valence-electron chi connectivity index (χ1n) is 6.40. The molecule has 0 spiro atoms. The zero-order valence-electron chi connectivity index (χ0n) is 12.2. The Kier molecular flexibility index (Phi) is 5.07. The van der Waals surface area contributed by atoms with Crippen molar-refractivity contribution in [1.82, 2.24) is 5.32 Å². The third-order valence-corrected chi connectivity index (χ3v) is 2.55. The number of benzene rings is 1. The van der Waals surface area contributed by atoms with Crippen LogP contribution in [0.4, 0.5) is 10.5 Å². The normalized spacial score (nSPS) is 11.0. The summed E-state index contributed by atoms with van der Waals surface area (Å²) in [7, 11) is 0. The van der Waals surface area contributed by atoms with E-state index in [-0.39, 0.29) is 5.69 Å². The highest BCUT2D eigenvalue weighted by molar-refractivity contribution is 5.67. The first-order valence-corrected chi connectivity index (χ1v) is 6.40. The molecule has 0 aliphatic carbocycles. The molecule has 0 radical (unpaired) electrons. The highest BCUT2D eigenvalue weighted by Gasteiger charge is 2.16. The van der Waals surface area contributed by atoms with Gasteiger partial charge in [-0.15, -0.1) is 0 Å². The number of hydrogen-bond donors (Lipinski definition) is 1. The average molecular weight is 280 g/mol. The van der Waals surface area contributed by atoms with E-state index in [1.807, 2.05) is 6.07 Å². The number of ether oxygens (including phenoxy) is 1. The molecule has 1 aromatic rings. The van der Waals surface area contributed by atoms with Crippen LogP contribution in [0.1, 0.15) is 31.9 Å². The Balaban J connectivity index is 2.53. The van der Waals surface area contributed by atoms with E-state index >= 15 is 0 Å². The van der Waals surface area contributed by atoms with E-state index in [0.29, 0.717) is 18.5 Å². The number of nitrogens with zero attached hydrogens (tertiary/aromatic N) is 1. The molecule has 110 valence electrons. The lowest BCUT2D eigenvalue weighted by molar-refractivity contribution is -0.385. The van der Waals surface area contributed by atoms with Crippen LogP contribution in [0.2, 0.25) is 0 Å². The van der Waals surface area contributed by atoms with E-state index in [1.165, 1.54) is 6.07 Å². The third kappa shape index (κ3) is 5.26. The van der Waals surface area contributed by atoms with Crippen LogP contribution >= 0.6 is 0 Å². The minimum absolute atomic E-state index is 0.0970. The third-order valence-electron chi connectivity index (χ3n) is 2.55. The van der Waals surface area contributed by atoms with Crippen LogP contribution in [-0.2, 0) is 11.2 Å². The van der Waals surface area contributed by atoms with Gasteiger partial charge >= 0.3 is 6.09 Å². The van der Waals surface area contributed by atoms with Gasteiger partial charge in [-0.3, -0.25) is 10.1 Å². The number of nitro groups is 1. The monoisotopic (exact) mass is 280 g/mol. The summed E-state index contributed by atoms with van der Waals surface area (Å²) in [5.74, 6) is 0. The van der Waals surface area contributed by atoms with Gasteiger partial charge in [0.1, 0.15) is 5.60 Å². The van der Waals surface area contributed by atoms with Crippen LogP contribution in [-0.4, -0.2) is 23.2 Å². The molecule has 0 aliphatic rings. The van der Waals surface area contributed by atoms with Crippen molar-refractivity contribution < 1.29 is 14.5 Å². The molecule has 1 N–H and O–H groups in total. The van der Waals surface area contributed by atoms with Crippen LogP contribution in [0.3, 0.4) is 0 Å². The molecule has 1 rings (SSSR count).